The average Bonchev–Trinajstić information content (AvgIpc) is 2.77. The Balaban J connectivity index is 2.24. The van der Waals surface area contributed by atoms with Gasteiger partial charge in [0.2, 0.25) is 0 Å². The van der Waals surface area contributed by atoms with Crippen LogP contribution in [0.4, 0.5) is 4.79 Å². The lowest BCUT2D eigenvalue weighted by Crippen LogP contribution is -2.20. The van der Waals surface area contributed by atoms with Crippen LogP contribution in [0, 0.1) is 0 Å². The molecule has 0 aliphatic heterocycles. The predicted octanol–water partition coefficient (Wildman–Crippen LogP) is 2.41. The van der Waals surface area contributed by atoms with E-state index in [2.05, 4.69) is 5.10 Å². The van der Waals surface area contributed by atoms with Crippen molar-refractivity contribution >= 4 is 17.2 Å². The largest absolute Gasteiger partial charge is 0.461 e. The number of hydrogen-bond acceptors (Lipinski definition) is 4. The van der Waals surface area contributed by atoms with Gasteiger partial charge >= 0.3 is 6.09 Å². The van der Waals surface area contributed by atoms with E-state index in [4.69, 9.17) is 9.15 Å². The molecular formula is C10H12N2O3. The highest BCUT2D eigenvalue weighted by atomic mass is 16.6. The number of carbonyl (C=O) groups is 1. The van der Waals surface area contributed by atoms with Gasteiger partial charge in [0.05, 0.1) is 12.5 Å². The van der Waals surface area contributed by atoms with Gasteiger partial charge in [0.15, 0.2) is 5.58 Å². The summed E-state index contributed by atoms with van der Waals surface area (Å²) in [6, 6.07) is 1.68. The zero-order valence-corrected chi connectivity index (χ0v) is 8.64. The zero-order chi connectivity index (χ0) is 10.8. The van der Waals surface area contributed by atoms with E-state index in [1.54, 1.807) is 6.07 Å². The summed E-state index contributed by atoms with van der Waals surface area (Å²) in [6.45, 7) is 3.79. The molecule has 0 fully saturated rings. The van der Waals surface area contributed by atoms with Crippen molar-refractivity contribution in [1.29, 1.82) is 0 Å². The van der Waals surface area contributed by atoms with Crippen molar-refractivity contribution in [3.8, 4) is 0 Å². The SMILES string of the molecule is CCC(C)OC(=O)n1ncc2occc21. The summed E-state index contributed by atoms with van der Waals surface area (Å²) in [4.78, 5) is 11.6. The number of rotatable bonds is 2. The molecule has 0 bridgehead atoms. The first-order valence-corrected chi connectivity index (χ1v) is 4.84. The summed E-state index contributed by atoms with van der Waals surface area (Å²) < 4.78 is 11.4. The van der Waals surface area contributed by atoms with Crippen LogP contribution in [0.25, 0.3) is 11.1 Å². The van der Waals surface area contributed by atoms with E-state index in [-0.39, 0.29) is 6.10 Å². The zero-order valence-electron chi connectivity index (χ0n) is 8.64. The van der Waals surface area contributed by atoms with Crippen molar-refractivity contribution in [3.05, 3.63) is 18.5 Å². The molecule has 0 N–H and O–H groups in total. The second kappa shape index (κ2) is 3.76. The van der Waals surface area contributed by atoms with Crippen LogP contribution < -0.4 is 0 Å². The molecule has 2 aromatic rings. The Morgan fingerprint density at radius 2 is 2.53 bits per heavy atom. The molecule has 0 aliphatic rings. The number of carbonyl (C=O) groups excluding carboxylic acids is 1. The van der Waals surface area contributed by atoms with Crippen LogP contribution in [0.1, 0.15) is 20.3 Å². The first-order chi connectivity index (χ1) is 7.22. The molecule has 2 heterocycles. The monoisotopic (exact) mass is 208 g/mol. The fraction of sp³-hybridized carbons (Fsp3) is 0.400. The van der Waals surface area contributed by atoms with Crippen molar-refractivity contribution in [2.24, 2.45) is 0 Å². The van der Waals surface area contributed by atoms with Crippen molar-refractivity contribution in [3.63, 3.8) is 0 Å². The van der Waals surface area contributed by atoms with Crippen LogP contribution in [-0.4, -0.2) is 22.0 Å². The Labute approximate surface area is 86.6 Å². The van der Waals surface area contributed by atoms with Gasteiger partial charge in [0.1, 0.15) is 11.6 Å². The summed E-state index contributed by atoms with van der Waals surface area (Å²) in [5.74, 6) is 0. The Bertz CT molecular complexity index is 472. The quantitative estimate of drug-likeness (QED) is 0.760. The van der Waals surface area contributed by atoms with E-state index < -0.39 is 6.09 Å². The van der Waals surface area contributed by atoms with Crippen molar-refractivity contribution in [2.45, 2.75) is 26.4 Å². The maximum atomic E-state index is 11.6. The highest BCUT2D eigenvalue weighted by molar-refractivity contribution is 5.84. The molecule has 0 aromatic carbocycles. The second-order valence-electron chi connectivity index (χ2n) is 3.33. The van der Waals surface area contributed by atoms with Gasteiger partial charge < -0.3 is 9.15 Å². The molecule has 0 saturated heterocycles. The lowest BCUT2D eigenvalue weighted by molar-refractivity contribution is 0.104. The van der Waals surface area contributed by atoms with E-state index >= 15 is 0 Å². The number of aromatic nitrogens is 2. The minimum atomic E-state index is -0.472. The normalized spacial score (nSPS) is 12.9. The molecule has 0 radical (unpaired) electrons. The van der Waals surface area contributed by atoms with Crippen LogP contribution >= 0.6 is 0 Å². The summed E-state index contributed by atoms with van der Waals surface area (Å²) in [7, 11) is 0. The summed E-state index contributed by atoms with van der Waals surface area (Å²) in [5.41, 5.74) is 1.21. The number of nitrogens with zero attached hydrogens (tertiary/aromatic N) is 2. The van der Waals surface area contributed by atoms with E-state index in [0.717, 1.165) is 6.42 Å². The van der Waals surface area contributed by atoms with Crippen molar-refractivity contribution in [2.75, 3.05) is 0 Å². The molecule has 0 spiro atoms. The fourth-order valence-corrected chi connectivity index (χ4v) is 1.21. The molecule has 2 aromatic heterocycles. The van der Waals surface area contributed by atoms with Crippen LogP contribution in [0.15, 0.2) is 22.9 Å². The minimum absolute atomic E-state index is 0.108. The molecule has 0 aliphatic carbocycles. The molecule has 5 heteroatoms. The molecule has 2 rings (SSSR count). The Hall–Kier alpha value is -1.78. The molecule has 1 unspecified atom stereocenters. The third-order valence-corrected chi connectivity index (χ3v) is 2.24. The molecule has 80 valence electrons. The van der Waals surface area contributed by atoms with Crippen molar-refractivity contribution in [1.82, 2.24) is 9.78 Å². The van der Waals surface area contributed by atoms with Gasteiger partial charge in [0.25, 0.3) is 0 Å². The second-order valence-corrected chi connectivity index (χ2v) is 3.33. The van der Waals surface area contributed by atoms with Gasteiger partial charge in [-0.2, -0.15) is 9.78 Å². The van der Waals surface area contributed by atoms with E-state index in [1.807, 2.05) is 13.8 Å². The Morgan fingerprint density at radius 3 is 3.27 bits per heavy atom. The molecule has 0 saturated carbocycles. The summed E-state index contributed by atoms with van der Waals surface area (Å²) in [5, 5.41) is 3.89. The first-order valence-electron chi connectivity index (χ1n) is 4.84. The molecule has 15 heavy (non-hydrogen) atoms. The highest BCUT2D eigenvalue weighted by Crippen LogP contribution is 2.14. The average molecular weight is 208 g/mol. The Kier molecular flexibility index (Phi) is 2.45. The molecule has 0 amide bonds. The van der Waals surface area contributed by atoms with Crippen LogP contribution in [0.5, 0.6) is 0 Å². The van der Waals surface area contributed by atoms with Gasteiger partial charge in [-0.1, -0.05) is 6.92 Å². The number of ether oxygens (including phenoxy) is 1. The summed E-state index contributed by atoms with van der Waals surface area (Å²) >= 11 is 0. The first kappa shape index (κ1) is 9.76. The Morgan fingerprint density at radius 1 is 1.73 bits per heavy atom. The van der Waals surface area contributed by atoms with Gasteiger partial charge in [-0.25, -0.2) is 4.79 Å². The van der Waals surface area contributed by atoms with E-state index in [9.17, 15) is 4.79 Å². The van der Waals surface area contributed by atoms with Crippen LogP contribution in [-0.2, 0) is 4.74 Å². The number of furan rings is 1. The highest BCUT2D eigenvalue weighted by Gasteiger charge is 2.15. The van der Waals surface area contributed by atoms with Crippen molar-refractivity contribution < 1.29 is 13.9 Å². The maximum Gasteiger partial charge on any atom is 0.435 e. The smallest absolute Gasteiger partial charge is 0.435 e. The van der Waals surface area contributed by atoms with Gasteiger partial charge in [-0.15, -0.1) is 0 Å². The van der Waals surface area contributed by atoms with Crippen LogP contribution in [0.2, 0.25) is 0 Å². The molecular weight excluding hydrogens is 196 g/mol. The lowest BCUT2D eigenvalue weighted by Gasteiger charge is -2.09. The van der Waals surface area contributed by atoms with E-state index in [0.29, 0.717) is 11.1 Å². The van der Waals surface area contributed by atoms with Gasteiger partial charge in [-0.3, -0.25) is 0 Å². The molecule has 1 atom stereocenters. The third-order valence-electron chi connectivity index (χ3n) is 2.24. The number of hydrogen-bond donors (Lipinski definition) is 0. The minimum Gasteiger partial charge on any atom is -0.461 e. The lowest BCUT2D eigenvalue weighted by atomic mass is 10.3. The standard InChI is InChI=1S/C10H12N2O3/c1-3-7(2)15-10(13)12-8-4-5-14-9(8)6-11-12/h4-7H,3H2,1-2H3. The molecule has 5 nitrogen and oxygen atoms in total. The van der Waals surface area contributed by atoms with Gasteiger partial charge in [-0.05, 0) is 13.3 Å². The van der Waals surface area contributed by atoms with E-state index in [1.165, 1.54) is 17.1 Å². The summed E-state index contributed by atoms with van der Waals surface area (Å²) in [6.07, 6.45) is 3.21. The predicted molar refractivity (Wildman–Crippen MR) is 53.6 cm³/mol. The van der Waals surface area contributed by atoms with Crippen LogP contribution in [0.3, 0.4) is 0 Å². The third kappa shape index (κ3) is 1.72. The fourth-order valence-electron chi connectivity index (χ4n) is 1.21. The van der Waals surface area contributed by atoms with Gasteiger partial charge in [0, 0.05) is 6.07 Å². The maximum absolute atomic E-state index is 11.6. The topological polar surface area (TPSA) is 57.3 Å². The number of fused-ring (bicyclic) bond motifs is 1.